The van der Waals surface area contributed by atoms with Crippen LogP contribution in [0.3, 0.4) is 0 Å². The summed E-state index contributed by atoms with van der Waals surface area (Å²) in [5.41, 5.74) is 9.64. The maximum atomic E-state index is 11.7. The molecule has 1 heterocycles. The normalized spacial score (nSPS) is 17.6. The van der Waals surface area contributed by atoms with Crippen molar-refractivity contribution in [1.29, 1.82) is 0 Å². The Morgan fingerprint density at radius 3 is 2.52 bits per heavy atom. The van der Waals surface area contributed by atoms with Gasteiger partial charge in [-0.05, 0) is 31.0 Å². The lowest BCUT2D eigenvalue weighted by Gasteiger charge is -2.39. The van der Waals surface area contributed by atoms with Gasteiger partial charge >= 0.3 is 5.97 Å². The summed E-state index contributed by atoms with van der Waals surface area (Å²) in [6.45, 7) is 8.05. The molecule has 2 rings (SSSR count). The highest BCUT2D eigenvalue weighted by Gasteiger charge is 2.29. The fourth-order valence-corrected chi connectivity index (χ4v) is 2.88. The molecule has 2 N–H and O–H groups in total. The van der Waals surface area contributed by atoms with Gasteiger partial charge in [0.2, 0.25) is 0 Å². The van der Waals surface area contributed by atoms with Crippen molar-refractivity contribution in [1.82, 2.24) is 4.90 Å². The third kappa shape index (κ3) is 3.36. The molecule has 5 nitrogen and oxygen atoms in total. The van der Waals surface area contributed by atoms with Crippen molar-refractivity contribution in [2.24, 2.45) is 5.73 Å². The summed E-state index contributed by atoms with van der Waals surface area (Å²) in [5, 5.41) is 0. The van der Waals surface area contributed by atoms with E-state index < -0.39 is 0 Å². The fraction of sp³-hybridized carbons (Fsp3) is 0.562. The van der Waals surface area contributed by atoms with E-state index in [1.807, 2.05) is 0 Å². The summed E-state index contributed by atoms with van der Waals surface area (Å²) < 4.78 is 4.83. The van der Waals surface area contributed by atoms with E-state index in [9.17, 15) is 4.79 Å². The van der Waals surface area contributed by atoms with E-state index in [-0.39, 0.29) is 12.0 Å². The van der Waals surface area contributed by atoms with Crippen molar-refractivity contribution in [2.75, 3.05) is 44.7 Å². The Morgan fingerprint density at radius 1 is 1.29 bits per heavy atom. The second-order valence-electron chi connectivity index (χ2n) is 5.52. The largest absolute Gasteiger partial charge is 0.468 e. The van der Waals surface area contributed by atoms with Crippen LogP contribution in [0.4, 0.5) is 5.69 Å². The quantitative estimate of drug-likeness (QED) is 0.836. The summed E-state index contributed by atoms with van der Waals surface area (Å²) >= 11 is 0. The van der Waals surface area contributed by atoms with Crippen LogP contribution >= 0.6 is 0 Å². The minimum atomic E-state index is -0.323. The average Bonchev–Trinajstić information content (AvgIpc) is 2.51. The molecular formula is C16H25N3O2. The Balaban J connectivity index is 2.03. The van der Waals surface area contributed by atoms with Gasteiger partial charge in [-0.25, -0.2) is 0 Å². The number of rotatable bonds is 4. The van der Waals surface area contributed by atoms with Gasteiger partial charge in [0.1, 0.15) is 6.04 Å². The molecule has 116 valence electrons. The van der Waals surface area contributed by atoms with Crippen LogP contribution in [0.25, 0.3) is 0 Å². The maximum absolute atomic E-state index is 11.7. The monoisotopic (exact) mass is 291 g/mol. The number of hydrogen-bond donors (Lipinski definition) is 1. The molecule has 1 unspecified atom stereocenters. The lowest BCUT2D eigenvalue weighted by Crippen LogP contribution is -2.55. The molecule has 21 heavy (non-hydrogen) atoms. The topological polar surface area (TPSA) is 58.8 Å². The molecule has 1 aromatic rings. The molecule has 1 aliphatic heterocycles. The number of esters is 1. The predicted molar refractivity (Wildman–Crippen MR) is 84.6 cm³/mol. The van der Waals surface area contributed by atoms with Crippen LogP contribution in [0.15, 0.2) is 18.2 Å². The zero-order valence-corrected chi connectivity index (χ0v) is 13.1. The maximum Gasteiger partial charge on any atom is 0.324 e. The van der Waals surface area contributed by atoms with E-state index in [1.54, 1.807) is 0 Å². The van der Waals surface area contributed by atoms with Crippen molar-refractivity contribution in [2.45, 2.75) is 19.9 Å². The molecule has 0 radical (unpaired) electrons. The van der Waals surface area contributed by atoms with Crippen LogP contribution in [-0.4, -0.2) is 56.7 Å². The van der Waals surface area contributed by atoms with Gasteiger partial charge in [-0.1, -0.05) is 12.1 Å². The number of carbonyl (C=O) groups excluding carboxylic acids is 1. The van der Waals surface area contributed by atoms with Crippen LogP contribution in [0.5, 0.6) is 0 Å². The van der Waals surface area contributed by atoms with Gasteiger partial charge in [0.15, 0.2) is 0 Å². The molecular weight excluding hydrogens is 266 g/mol. The molecule has 1 aromatic carbocycles. The number of nitrogens with zero attached hydrogens (tertiary/aromatic N) is 2. The Labute approximate surface area is 126 Å². The molecule has 5 heteroatoms. The molecule has 0 saturated carbocycles. The highest BCUT2D eigenvalue weighted by atomic mass is 16.5. The third-order valence-corrected chi connectivity index (χ3v) is 4.37. The lowest BCUT2D eigenvalue weighted by molar-refractivity contribution is -0.146. The van der Waals surface area contributed by atoms with Crippen molar-refractivity contribution in [3.05, 3.63) is 29.3 Å². The van der Waals surface area contributed by atoms with E-state index in [0.717, 1.165) is 26.2 Å². The van der Waals surface area contributed by atoms with Crippen LogP contribution in [0.2, 0.25) is 0 Å². The number of aryl methyl sites for hydroxylation is 1. The molecule has 0 spiro atoms. The van der Waals surface area contributed by atoms with Gasteiger partial charge in [-0.15, -0.1) is 0 Å². The predicted octanol–water partition coefficient (Wildman–Crippen LogP) is 0.926. The Morgan fingerprint density at radius 2 is 1.95 bits per heavy atom. The van der Waals surface area contributed by atoms with Gasteiger partial charge < -0.3 is 15.4 Å². The third-order valence-electron chi connectivity index (χ3n) is 4.37. The molecule has 0 aromatic heterocycles. The molecule has 1 saturated heterocycles. The standard InChI is InChI=1S/C16H25N3O2/c1-12-5-4-6-14(13(12)2)18-7-9-19(10-8-18)15(11-17)16(20)21-3/h4-6,15H,7-11,17H2,1-3H3. The Kier molecular flexibility index (Phi) is 5.20. The van der Waals surface area contributed by atoms with E-state index >= 15 is 0 Å². The van der Waals surface area contributed by atoms with Crippen molar-refractivity contribution in [3.63, 3.8) is 0 Å². The van der Waals surface area contributed by atoms with Crippen molar-refractivity contribution < 1.29 is 9.53 Å². The first-order valence-corrected chi connectivity index (χ1v) is 7.41. The van der Waals surface area contributed by atoms with Crippen LogP contribution in [-0.2, 0) is 9.53 Å². The molecule has 0 bridgehead atoms. The molecule has 1 atom stereocenters. The number of methoxy groups -OCH3 is 1. The highest BCUT2D eigenvalue weighted by Crippen LogP contribution is 2.24. The summed E-state index contributed by atoms with van der Waals surface area (Å²) in [5.74, 6) is -0.238. The SMILES string of the molecule is COC(=O)C(CN)N1CCN(c2cccc(C)c2C)CC1. The molecule has 0 aliphatic carbocycles. The summed E-state index contributed by atoms with van der Waals surface area (Å²) in [7, 11) is 1.41. The average molecular weight is 291 g/mol. The Hall–Kier alpha value is -1.59. The first-order valence-electron chi connectivity index (χ1n) is 7.41. The summed E-state index contributed by atoms with van der Waals surface area (Å²) in [6, 6.07) is 6.08. The second kappa shape index (κ2) is 6.91. The minimum Gasteiger partial charge on any atom is -0.468 e. The number of nitrogens with two attached hydrogens (primary N) is 1. The number of ether oxygens (including phenoxy) is 1. The highest BCUT2D eigenvalue weighted by molar-refractivity contribution is 5.76. The van der Waals surface area contributed by atoms with E-state index in [1.165, 1.54) is 23.9 Å². The minimum absolute atomic E-state index is 0.238. The molecule has 1 aliphatic rings. The zero-order chi connectivity index (χ0) is 15.4. The number of benzene rings is 1. The lowest BCUT2D eigenvalue weighted by atomic mass is 10.1. The van der Waals surface area contributed by atoms with Crippen molar-refractivity contribution >= 4 is 11.7 Å². The van der Waals surface area contributed by atoms with Crippen molar-refractivity contribution in [3.8, 4) is 0 Å². The number of carbonyl (C=O) groups is 1. The molecule has 1 fully saturated rings. The van der Waals surface area contributed by atoms with Gasteiger partial charge in [0.05, 0.1) is 7.11 Å². The van der Waals surface area contributed by atoms with Crippen LogP contribution in [0.1, 0.15) is 11.1 Å². The van der Waals surface area contributed by atoms with Crippen LogP contribution in [0, 0.1) is 13.8 Å². The zero-order valence-electron chi connectivity index (χ0n) is 13.1. The fourth-order valence-electron chi connectivity index (χ4n) is 2.88. The summed E-state index contributed by atoms with van der Waals surface area (Å²) in [4.78, 5) is 16.2. The van der Waals surface area contributed by atoms with Crippen LogP contribution < -0.4 is 10.6 Å². The van der Waals surface area contributed by atoms with Gasteiger partial charge in [0, 0.05) is 38.4 Å². The second-order valence-corrected chi connectivity index (χ2v) is 5.52. The van der Waals surface area contributed by atoms with Gasteiger partial charge in [-0.2, -0.15) is 0 Å². The first kappa shape index (κ1) is 15.8. The van der Waals surface area contributed by atoms with Gasteiger partial charge in [0.25, 0.3) is 0 Å². The van der Waals surface area contributed by atoms with E-state index in [4.69, 9.17) is 10.5 Å². The first-order chi connectivity index (χ1) is 10.1. The smallest absolute Gasteiger partial charge is 0.324 e. The van der Waals surface area contributed by atoms with Gasteiger partial charge in [-0.3, -0.25) is 9.69 Å². The number of piperazine rings is 1. The summed E-state index contributed by atoms with van der Waals surface area (Å²) in [6.07, 6.45) is 0. The Bertz CT molecular complexity index is 496. The number of anilines is 1. The van der Waals surface area contributed by atoms with E-state index in [2.05, 4.69) is 41.8 Å². The van der Waals surface area contributed by atoms with E-state index in [0.29, 0.717) is 6.54 Å². The number of hydrogen-bond acceptors (Lipinski definition) is 5. The molecule has 0 amide bonds.